The lowest BCUT2D eigenvalue weighted by molar-refractivity contribution is 0.505. The van der Waals surface area contributed by atoms with Gasteiger partial charge in [0.2, 0.25) is 0 Å². The highest BCUT2D eigenvalue weighted by Crippen LogP contribution is 2.23. The highest BCUT2D eigenvalue weighted by molar-refractivity contribution is 7.99. The van der Waals surface area contributed by atoms with Crippen molar-refractivity contribution in [1.29, 1.82) is 0 Å². The maximum atomic E-state index is 3.60. The number of hydrogen-bond donors (Lipinski definition) is 1. The molecule has 0 aliphatic heterocycles. The van der Waals surface area contributed by atoms with Crippen molar-refractivity contribution < 1.29 is 0 Å². The van der Waals surface area contributed by atoms with Crippen LogP contribution in [0.2, 0.25) is 0 Å². The fraction of sp³-hybridized carbons (Fsp3) is 0.647. The Labute approximate surface area is 123 Å². The molecule has 0 aliphatic carbocycles. The molecular weight excluding hydrogens is 250 g/mol. The zero-order valence-electron chi connectivity index (χ0n) is 12.9. The second-order valence-electron chi connectivity index (χ2n) is 5.51. The number of thioether (sulfide) groups is 1. The van der Waals surface area contributed by atoms with E-state index in [1.165, 1.54) is 35.5 Å². The number of hydrogen-bond acceptors (Lipinski definition) is 2. The van der Waals surface area contributed by atoms with Crippen LogP contribution in [0.25, 0.3) is 0 Å². The third-order valence-corrected chi connectivity index (χ3v) is 4.32. The highest BCUT2D eigenvalue weighted by Gasteiger charge is 2.11. The number of benzene rings is 1. The quantitative estimate of drug-likeness (QED) is 0.662. The first kappa shape index (κ1) is 16.6. The van der Waals surface area contributed by atoms with Crippen molar-refractivity contribution in [3.63, 3.8) is 0 Å². The summed E-state index contributed by atoms with van der Waals surface area (Å²) < 4.78 is 0. The maximum absolute atomic E-state index is 3.60. The van der Waals surface area contributed by atoms with Crippen LogP contribution >= 0.6 is 11.8 Å². The van der Waals surface area contributed by atoms with Crippen LogP contribution in [-0.2, 0) is 0 Å². The largest absolute Gasteiger partial charge is 0.314 e. The molecule has 0 aliphatic rings. The molecule has 19 heavy (non-hydrogen) atoms. The lowest BCUT2D eigenvalue weighted by Gasteiger charge is -2.20. The molecule has 1 unspecified atom stereocenters. The molecule has 1 atom stereocenters. The summed E-state index contributed by atoms with van der Waals surface area (Å²) in [5, 5.41) is 3.60. The van der Waals surface area contributed by atoms with Gasteiger partial charge in [0.25, 0.3) is 0 Å². The molecule has 1 nitrogen and oxygen atoms in total. The van der Waals surface area contributed by atoms with Crippen LogP contribution < -0.4 is 5.32 Å². The first-order chi connectivity index (χ1) is 9.13. The van der Waals surface area contributed by atoms with E-state index in [0.29, 0.717) is 12.0 Å². The van der Waals surface area contributed by atoms with Crippen molar-refractivity contribution in [3.05, 3.63) is 35.4 Å². The lowest BCUT2D eigenvalue weighted by atomic mass is 9.93. The van der Waals surface area contributed by atoms with E-state index in [0.717, 1.165) is 6.54 Å². The predicted octanol–water partition coefficient (Wildman–Crippen LogP) is 4.61. The topological polar surface area (TPSA) is 12.0 Å². The van der Waals surface area contributed by atoms with Gasteiger partial charge in [-0.05, 0) is 42.8 Å². The molecule has 0 saturated carbocycles. The summed E-state index contributed by atoms with van der Waals surface area (Å²) in [5.41, 5.74) is 2.87. The fourth-order valence-corrected chi connectivity index (χ4v) is 2.92. The third-order valence-electron chi connectivity index (χ3n) is 3.33. The predicted molar refractivity (Wildman–Crippen MR) is 89.3 cm³/mol. The van der Waals surface area contributed by atoms with Gasteiger partial charge in [-0.1, -0.05) is 50.6 Å². The van der Waals surface area contributed by atoms with Crippen LogP contribution in [0.1, 0.15) is 50.7 Å². The minimum absolute atomic E-state index is 0.567. The van der Waals surface area contributed by atoms with E-state index in [2.05, 4.69) is 69.0 Å². The molecule has 1 rings (SSSR count). The SMILES string of the molecule is CCSCCCC(CNC(C)C)c1cccc(C)c1. The van der Waals surface area contributed by atoms with Gasteiger partial charge in [-0.15, -0.1) is 0 Å². The monoisotopic (exact) mass is 279 g/mol. The molecule has 1 aromatic rings. The Morgan fingerprint density at radius 2 is 2.05 bits per heavy atom. The van der Waals surface area contributed by atoms with Gasteiger partial charge >= 0.3 is 0 Å². The first-order valence-electron chi connectivity index (χ1n) is 7.51. The van der Waals surface area contributed by atoms with Crippen LogP contribution in [0.5, 0.6) is 0 Å². The third kappa shape index (κ3) is 7.03. The number of aryl methyl sites for hydroxylation is 1. The molecule has 108 valence electrons. The van der Waals surface area contributed by atoms with Crippen molar-refractivity contribution in [1.82, 2.24) is 5.32 Å². The van der Waals surface area contributed by atoms with Crippen molar-refractivity contribution in [2.45, 2.75) is 52.5 Å². The summed E-state index contributed by atoms with van der Waals surface area (Å²) in [7, 11) is 0. The number of rotatable bonds is 9. The number of nitrogens with one attached hydrogen (secondary N) is 1. The molecule has 2 heteroatoms. The van der Waals surface area contributed by atoms with Gasteiger partial charge in [0.15, 0.2) is 0 Å². The smallest absolute Gasteiger partial charge is 0.00225 e. The van der Waals surface area contributed by atoms with Crippen LogP contribution in [0, 0.1) is 6.92 Å². The van der Waals surface area contributed by atoms with Crippen molar-refractivity contribution in [2.75, 3.05) is 18.1 Å². The summed E-state index contributed by atoms with van der Waals surface area (Å²) in [6.45, 7) is 9.96. The zero-order valence-corrected chi connectivity index (χ0v) is 13.7. The molecule has 0 amide bonds. The average Bonchev–Trinajstić information content (AvgIpc) is 2.37. The molecule has 0 bridgehead atoms. The minimum Gasteiger partial charge on any atom is -0.314 e. The van der Waals surface area contributed by atoms with E-state index < -0.39 is 0 Å². The Hall–Kier alpha value is -0.470. The Morgan fingerprint density at radius 3 is 2.68 bits per heavy atom. The van der Waals surface area contributed by atoms with Gasteiger partial charge < -0.3 is 5.32 Å². The van der Waals surface area contributed by atoms with Crippen molar-refractivity contribution >= 4 is 11.8 Å². The van der Waals surface area contributed by atoms with E-state index in [1.807, 2.05) is 0 Å². The van der Waals surface area contributed by atoms with Crippen molar-refractivity contribution in [2.24, 2.45) is 0 Å². The van der Waals surface area contributed by atoms with E-state index in [9.17, 15) is 0 Å². The normalized spacial score (nSPS) is 12.9. The van der Waals surface area contributed by atoms with Gasteiger partial charge in [0, 0.05) is 12.6 Å². The standard InChI is InChI=1S/C17H29NS/c1-5-19-11-7-10-17(13-18-14(2)3)16-9-6-8-15(4)12-16/h6,8-9,12,14,17-18H,5,7,10-11,13H2,1-4H3. The average molecular weight is 279 g/mol. The van der Waals surface area contributed by atoms with Gasteiger partial charge in [-0.3, -0.25) is 0 Å². The lowest BCUT2D eigenvalue weighted by Crippen LogP contribution is -2.28. The van der Waals surface area contributed by atoms with E-state index in [-0.39, 0.29) is 0 Å². The second kappa shape index (κ2) is 9.44. The molecule has 0 spiro atoms. The molecule has 0 heterocycles. The minimum atomic E-state index is 0.567. The van der Waals surface area contributed by atoms with Crippen LogP contribution in [0.15, 0.2) is 24.3 Å². The Morgan fingerprint density at radius 1 is 1.26 bits per heavy atom. The summed E-state index contributed by atoms with van der Waals surface area (Å²) in [5.74, 6) is 3.18. The van der Waals surface area contributed by atoms with Gasteiger partial charge in [0.05, 0.1) is 0 Å². The Balaban J connectivity index is 2.57. The molecule has 0 aromatic heterocycles. The van der Waals surface area contributed by atoms with E-state index in [4.69, 9.17) is 0 Å². The molecule has 0 fully saturated rings. The first-order valence-corrected chi connectivity index (χ1v) is 8.66. The zero-order chi connectivity index (χ0) is 14.1. The van der Waals surface area contributed by atoms with Gasteiger partial charge in [-0.2, -0.15) is 11.8 Å². The molecular formula is C17H29NS. The Kier molecular flexibility index (Phi) is 8.24. The second-order valence-corrected chi connectivity index (χ2v) is 6.91. The maximum Gasteiger partial charge on any atom is 0.00225 e. The van der Waals surface area contributed by atoms with Gasteiger partial charge in [0.1, 0.15) is 0 Å². The van der Waals surface area contributed by atoms with Crippen LogP contribution in [0.4, 0.5) is 0 Å². The van der Waals surface area contributed by atoms with Gasteiger partial charge in [-0.25, -0.2) is 0 Å². The summed E-state index contributed by atoms with van der Waals surface area (Å²) >= 11 is 2.05. The molecule has 1 aromatic carbocycles. The highest BCUT2D eigenvalue weighted by atomic mass is 32.2. The fourth-order valence-electron chi connectivity index (χ4n) is 2.26. The van der Waals surface area contributed by atoms with E-state index in [1.54, 1.807) is 0 Å². The van der Waals surface area contributed by atoms with Crippen LogP contribution in [-0.4, -0.2) is 24.1 Å². The van der Waals surface area contributed by atoms with Crippen molar-refractivity contribution in [3.8, 4) is 0 Å². The Bertz CT molecular complexity index is 349. The summed E-state index contributed by atoms with van der Waals surface area (Å²) in [4.78, 5) is 0. The summed E-state index contributed by atoms with van der Waals surface area (Å²) in [6, 6.07) is 9.57. The molecule has 1 N–H and O–H groups in total. The van der Waals surface area contributed by atoms with Crippen LogP contribution in [0.3, 0.4) is 0 Å². The summed E-state index contributed by atoms with van der Waals surface area (Å²) in [6.07, 6.45) is 2.60. The molecule has 0 saturated heterocycles. The molecule has 0 radical (unpaired) electrons. The van der Waals surface area contributed by atoms with E-state index >= 15 is 0 Å².